The number of imidazole rings is 1. The molecule has 1 N–H and O–H groups in total. The first-order chi connectivity index (χ1) is 15.3. The van der Waals surface area contributed by atoms with Gasteiger partial charge < -0.3 is 5.32 Å². The molecule has 2 atom stereocenters. The number of sulfonamides is 1. The van der Waals surface area contributed by atoms with Crippen molar-refractivity contribution in [1.82, 2.24) is 13.7 Å². The third-order valence-electron chi connectivity index (χ3n) is 5.55. The van der Waals surface area contributed by atoms with Crippen molar-refractivity contribution < 1.29 is 17.2 Å². The fourth-order valence-corrected chi connectivity index (χ4v) is 6.94. The Morgan fingerprint density at radius 3 is 2.62 bits per heavy atom. The summed E-state index contributed by atoms with van der Waals surface area (Å²) in [6, 6.07) is 12.6. The van der Waals surface area contributed by atoms with Crippen LogP contribution in [0.1, 0.15) is 11.5 Å². The molecule has 11 heteroatoms. The average Bonchev–Trinajstić information content (AvgIpc) is 3.46. The van der Waals surface area contributed by atoms with Crippen molar-refractivity contribution in [1.29, 1.82) is 0 Å². The zero-order valence-electron chi connectivity index (χ0n) is 16.5. The molecule has 166 valence electrons. The highest BCUT2D eigenvalue weighted by atomic mass is 35.5. The summed E-state index contributed by atoms with van der Waals surface area (Å²) in [7, 11) is -3.97. The standard InChI is InChI=1S/C21H17ClF2N4O2S2/c22-19-20(28-8-9-31-21(28)26-19)32(29,30)27-11-15(13-4-2-1-3-5-13)18(12-27)25-14-6-7-16(23)17(24)10-14/h1-10,15,18,25H,11-12H2. The molecule has 1 aliphatic heterocycles. The lowest BCUT2D eigenvalue weighted by molar-refractivity contribution is 0.467. The van der Waals surface area contributed by atoms with Gasteiger partial charge in [0.05, 0.1) is 0 Å². The fraction of sp³-hybridized carbons (Fsp3) is 0.190. The molecule has 1 fully saturated rings. The number of anilines is 1. The van der Waals surface area contributed by atoms with E-state index in [9.17, 15) is 17.2 Å². The summed E-state index contributed by atoms with van der Waals surface area (Å²) >= 11 is 7.49. The molecule has 6 nitrogen and oxygen atoms in total. The maximum atomic E-state index is 13.7. The molecule has 0 saturated carbocycles. The molecule has 2 aromatic carbocycles. The van der Waals surface area contributed by atoms with Crippen molar-refractivity contribution in [3.63, 3.8) is 0 Å². The molecule has 0 bridgehead atoms. The van der Waals surface area contributed by atoms with E-state index in [2.05, 4.69) is 10.3 Å². The number of hydrogen-bond donors (Lipinski definition) is 1. The molecule has 1 aliphatic rings. The summed E-state index contributed by atoms with van der Waals surface area (Å²) in [5, 5.41) is 4.77. The smallest absolute Gasteiger partial charge is 0.262 e. The van der Waals surface area contributed by atoms with Gasteiger partial charge >= 0.3 is 0 Å². The van der Waals surface area contributed by atoms with Gasteiger partial charge in [0.1, 0.15) is 0 Å². The summed E-state index contributed by atoms with van der Waals surface area (Å²) in [5.74, 6) is -2.13. The maximum absolute atomic E-state index is 13.7. The normalized spacial score (nSPS) is 19.6. The van der Waals surface area contributed by atoms with Crippen molar-refractivity contribution in [2.45, 2.75) is 17.0 Å². The summed E-state index contributed by atoms with van der Waals surface area (Å²) < 4.78 is 57.0. The van der Waals surface area contributed by atoms with Gasteiger partial charge in [-0.25, -0.2) is 22.2 Å². The Balaban J connectivity index is 1.51. The van der Waals surface area contributed by atoms with Crippen LogP contribution in [0.25, 0.3) is 4.96 Å². The Morgan fingerprint density at radius 1 is 1.09 bits per heavy atom. The molecule has 2 unspecified atom stereocenters. The van der Waals surface area contributed by atoms with E-state index < -0.39 is 21.7 Å². The lowest BCUT2D eigenvalue weighted by Gasteiger charge is -2.21. The minimum absolute atomic E-state index is 0.0734. The highest BCUT2D eigenvalue weighted by Gasteiger charge is 2.42. The third-order valence-corrected chi connectivity index (χ3v) is 8.54. The van der Waals surface area contributed by atoms with E-state index in [1.807, 2.05) is 30.3 Å². The van der Waals surface area contributed by atoms with Crippen LogP contribution in [-0.2, 0) is 10.0 Å². The van der Waals surface area contributed by atoms with Crippen LogP contribution < -0.4 is 5.32 Å². The molecule has 0 aliphatic carbocycles. The second-order valence-electron chi connectivity index (χ2n) is 7.48. The number of thiazole rings is 1. The SMILES string of the molecule is O=S(=O)(c1c(Cl)nc2sccn12)N1CC(Nc2ccc(F)c(F)c2)C(c2ccccc2)C1. The Kier molecular flexibility index (Phi) is 5.40. The molecular weight excluding hydrogens is 478 g/mol. The van der Waals surface area contributed by atoms with E-state index >= 15 is 0 Å². The molecule has 2 aromatic heterocycles. The maximum Gasteiger partial charge on any atom is 0.262 e. The summed E-state index contributed by atoms with van der Waals surface area (Å²) in [6.45, 7) is 0.315. The van der Waals surface area contributed by atoms with Gasteiger partial charge in [0, 0.05) is 48.4 Å². The van der Waals surface area contributed by atoms with Crippen molar-refractivity contribution in [3.8, 4) is 0 Å². The number of hydrogen-bond acceptors (Lipinski definition) is 5. The van der Waals surface area contributed by atoms with Crippen LogP contribution >= 0.6 is 22.9 Å². The van der Waals surface area contributed by atoms with Gasteiger partial charge in [-0.1, -0.05) is 41.9 Å². The van der Waals surface area contributed by atoms with Gasteiger partial charge in [-0.2, -0.15) is 4.31 Å². The summed E-state index contributed by atoms with van der Waals surface area (Å²) in [6.07, 6.45) is 1.62. The van der Waals surface area contributed by atoms with Crippen LogP contribution in [0.5, 0.6) is 0 Å². The number of halogens is 3. The first-order valence-corrected chi connectivity index (χ1v) is 12.4. The van der Waals surface area contributed by atoms with Crippen LogP contribution in [0.2, 0.25) is 5.15 Å². The zero-order chi connectivity index (χ0) is 22.5. The van der Waals surface area contributed by atoms with Crippen molar-refractivity contribution in [2.75, 3.05) is 18.4 Å². The molecule has 5 rings (SSSR count). The second-order valence-corrected chi connectivity index (χ2v) is 10.6. The first kappa shape index (κ1) is 21.3. The van der Waals surface area contributed by atoms with Crippen molar-refractivity contribution >= 4 is 43.6 Å². The quantitative estimate of drug-likeness (QED) is 0.440. The number of nitrogens with zero attached hydrogens (tertiary/aromatic N) is 3. The minimum Gasteiger partial charge on any atom is -0.380 e. The highest BCUT2D eigenvalue weighted by Crippen LogP contribution is 2.36. The Hall–Kier alpha value is -2.53. The van der Waals surface area contributed by atoms with Gasteiger partial charge in [0.2, 0.25) is 0 Å². The van der Waals surface area contributed by atoms with E-state index in [1.165, 1.54) is 26.1 Å². The van der Waals surface area contributed by atoms with E-state index in [0.29, 0.717) is 10.6 Å². The van der Waals surface area contributed by atoms with Crippen LogP contribution in [-0.4, -0.2) is 41.2 Å². The number of fused-ring (bicyclic) bond motifs is 1. The van der Waals surface area contributed by atoms with E-state index in [1.54, 1.807) is 11.6 Å². The molecule has 4 aromatic rings. The Bertz CT molecular complexity index is 1390. The van der Waals surface area contributed by atoms with Gasteiger partial charge in [-0.15, -0.1) is 11.3 Å². The predicted octanol–water partition coefficient (Wildman–Crippen LogP) is 4.60. The number of nitrogens with one attached hydrogen (secondary N) is 1. The minimum atomic E-state index is -3.97. The van der Waals surface area contributed by atoms with Gasteiger partial charge in [0.15, 0.2) is 26.8 Å². The zero-order valence-corrected chi connectivity index (χ0v) is 18.8. The molecule has 0 radical (unpaired) electrons. The summed E-state index contributed by atoms with van der Waals surface area (Å²) in [5.41, 5.74) is 1.31. The van der Waals surface area contributed by atoms with Crippen LogP contribution in [0.15, 0.2) is 65.1 Å². The number of rotatable bonds is 5. The van der Waals surface area contributed by atoms with E-state index in [0.717, 1.165) is 17.7 Å². The fourth-order valence-electron chi connectivity index (χ4n) is 4.04. The molecular formula is C21H17ClF2N4O2S2. The Morgan fingerprint density at radius 2 is 1.88 bits per heavy atom. The van der Waals surface area contributed by atoms with Crippen molar-refractivity contribution in [3.05, 3.63) is 82.5 Å². The highest BCUT2D eigenvalue weighted by molar-refractivity contribution is 7.89. The van der Waals surface area contributed by atoms with Crippen LogP contribution in [0.3, 0.4) is 0 Å². The Labute approximate surface area is 192 Å². The largest absolute Gasteiger partial charge is 0.380 e. The monoisotopic (exact) mass is 494 g/mol. The molecule has 32 heavy (non-hydrogen) atoms. The molecule has 0 amide bonds. The second kappa shape index (κ2) is 8.11. The summed E-state index contributed by atoms with van der Waals surface area (Å²) in [4.78, 5) is 4.63. The third kappa shape index (κ3) is 3.66. The lowest BCUT2D eigenvalue weighted by atomic mass is 9.94. The first-order valence-electron chi connectivity index (χ1n) is 9.72. The lowest BCUT2D eigenvalue weighted by Crippen LogP contribution is -2.32. The molecule has 0 spiro atoms. The average molecular weight is 495 g/mol. The number of aromatic nitrogens is 2. The van der Waals surface area contributed by atoms with E-state index in [-0.39, 0.29) is 35.2 Å². The topological polar surface area (TPSA) is 66.7 Å². The van der Waals surface area contributed by atoms with Gasteiger partial charge in [-0.05, 0) is 17.7 Å². The molecule has 1 saturated heterocycles. The van der Waals surface area contributed by atoms with Crippen molar-refractivity contribution in [2.24, 2.45) is 0 Å². The van der Waals surface area contributed by atoms with Crippen LogP contribution in [0, 0.1) is 11.6 Å². The molecule has 3 heterocycles. The van der Waals surface area contributed by atoms with Gasteiger partial charge in [-0.3, -0.25) is 4.40 Å². The van der Waals surface area contributed by atoms with E-state index in [4.69, 9.17) is 11.6 Å². The predicted molar refractivity (Wildman–Crippen MR) is 120 cm³/mol. The number of benzene rings is 2. The van der Waals surface area contributed by atoms with Crippen LogP contribution in [0.4, 0.5) is 14.5 Å². The van der Waals surface area contributed by atoms with Gasteiger partial charge in [0.25, 0.3) is 10.0 Å².